The summed E-state index contributed by atoms with van der Waals surface area (Å²) in [6.45, 7) is 0. The molecule has 0 radical (unpaired) electrons. The number of thioether (sulfide) groups is 1. The molecule has 1 heterocycles. The number of para-hydroxylation sites is 1. The van der Waals surface area contributed by atoms with Crippen LogP contribution in [-0.4, -0.2) is 15.5 Å². The number of hydrogen-bond donors (Lipinski definition) is 1. The van der Waals surface area contributed by atoms with E-state index in [0.717, 1.165) is 17.3 Å². The summed E-state index contributed by atoms with van der Waals surface area (Å²) in [5.41, 5.74) is 7.31. The number of benzene rings is 3. The number of amides is 1. The lowest BCUT2D eigenvalue weighted by Gasteiger charge is -2.17. The third-order valence-electron chi connectivity index (χ3n) is 4.40. The lowest BCUT2D eigenvalue weighted by Crippen LogP contribution is -2.24. The van der Waals surface area contributed by atoms with E-state index in [1.54, 1.807) is 42.5 Å². The molecule has 1 aromatic heterocycles. The van der Waals surface area contributed by atoms with Crippen molar-refractivity contribution in [1.29, 1.82) is 0 Å². The van der Waals surface area contributed by atoms with Crippen LogP contribution in [0.15, 0.2) is 88.8 Å². The molecule has 5 nitrogen and oxygen atoms in total. The molecule has 0 aliphatic heterocycles. The molecule has 7 heteroatoms. The first-order chi connectivity index (χ1) is 14.0. The van der Waals surface area contributed by atoms with Crippen molar-refractivity contribution in [1.82, 2.24) is 9.55 Å². The van der Waals surface area contributed by atoms with E-state index in [1.807, 2.05) is 36.4 Å². The minimum absolute atomic E-state index is 0.239. The molecular weight excluding hydrogens is 406 g/mol. The first-order valence-corrected chi connectivity index (χ1v) is 10.1. The molecule has 1 amide bonds. The van der Waals surface area contributed by atoms with E-state index in [4.69, 9.17) is 17.3 Å². The van der Waals surface area contributed by atoms with Crippen LogP contribution in [0.5, 0.6) is 0 Å². The molecule has 0 bridgehead atoms. The van der Waals surface area contributed by atoms with Gasteiger partial charge in [-0.15, -0.1) is 0 Å². The largest absolute Gasteiger partial charge is 0.368 e. The van der Waals surface area contributed by atoms with Crippen LogP contribution in [0.1, 0.15) is 10.8 Å². The van der Waals surface area contributed by atoms with Crippen LogP contribution >= 0.6 is 23.4 Å². The Bertz CT molecular complexity index is 1260. The van der Waals surface area contributed by atoms with E-state index in [-0.39, 0.29) is 5.56 Å². The number of hydrogen-bond acceptors (Lipinski definition) is 4. The maximum absolute atomic E-state index is 13.3. The van der Waals surface area contributed by atoms with Gasteiger partial charge in [0.1, 0.15) is 5.25 Å². The zero-order chi connectivity index (χ0) is 20.4. The molecule has 29 heavy (non-hydrogen) atoms. The van der Waals surface area contributed by atoms with E-state index >= 15 is 0 Å². The van der Waals surface area contributed by atoms with Gasteiger partial charge in [-0.05, 0) is 35.9 Å². The van der Waals surface area contributed by atoms with Gasteiger partial charge in [0.25, 0.3) is 5.56 Å². The molecule has 2 N–H and O–H groups in total. The number of carbonyl (C=O) groups excluding carboxylic acids is 1. The summed E-state index contributed by atoms with van der Waals surface area (Å²) in [6.07, 6.45) is 0. The Balaban J connectivity index is 1.94. The average Bonchev–Trinajstić information content (AvgIpc) is 2.72. The first kappa shape index (κ1) is 19.2. The Hall–Kier alpha value is -3.09. The van der Waals surface area contributed by atoms with Crippen LogP contribution in [0.4, 0.5) is 0 Å². The highest BCUT2D eigenvalue weighted by molar-refractivity contribution is 8.00. The summed E-state index contributed by atoms with van der Waals surface area (Å²) in [6, 6.07) is 23.2. The summed E-state index contributed by atoms with van der Waals surface area (Å²) >= 11 is 7.29. The van der Waals surface area contributed by atoms with E-state index in [2.05, 4.69) is 4.98 Å². The predicted molar refractivity (Wildman–Crippen MR) is 117 cm³/mol. The standard InChI is InChI=1S/C22H16ClN3O2S/c23-15-9-6-10-16(13-15)26-21(28)17-11-4-5-12-18(17)25-22(26)29-19(20(24)27)14-7-2-1-3-8-14/h1-13,19H,(H2,24,27). The van der Waals surface area contributed by atoms with Crippen LogP contribution in [0.25, 0.3) is 16.6 Å². The third-order valence-corrected chi connectivity index (χ3v) is 5.86. The van der Waals surface area contributed by atoms with Gasteiger partial charge in [0, 0.05) is 5.02 Å². The van der Waals surface area contributed by atoms with Crippen molar-refractivity contribution in [2.24, 2.45) is 5.73 Å². The van der Waals surface area contributed by atoms with Gasteiger partial charge in [-0.3, -0.25) is 14.2 Å². The fourth-order valence-electron chi connectivity index (χ4n) is 3.06. The Kier molecular flexibility index (Phi) is 5.38. The number of carbonyl (C=O) groups is 1. The van der Waals surface area contributed by atoms with Crippen molar-refractivity contribution < 1.29 is 4.79 Å². The van der Waals surface area contributed by atoms with Gasteiger partial charge in [0.15, 0.2) is 5.16 Å². The van der Waals surface area contributed by atoms with Crippen LogP contribution in [0, 0.1) is 0 Å². The van der Waals surface area contributed by atoms with Crippen molar-refractivity contribution in [3.05, 3.63) is 99.8 Å². The number of nitrogens with two attached hydrogens (primary N) is 1. The predicted octanol–water partition coefficient (Wildman–Crippen LogP) is 4.36. The second-order valence-corrected chi connectivity index (χ2v) is 7.85. The lowest BCUT2D eigenvalue weighted by molar-refractivity contribution is -0.117. The van der Waals surface area contributed by atoms with Gasteiger partial charge in [0.05, 0.1) is 16.6 Å². The van der Waals surface area contributed by atoms with Crippen molar-refractivity contribution in [2.75, 3.05) is 0 Å². The Morgan fingerprint density at radius 3 is 2.45 bits per heavy atom. The summed E-state index contributed by atoms with van der Waals surface area (Å²) < 4.78 is 1.47. The normalized spacial score (nSPS) is 12.0. The third kappa shape index (κ3) is 3.90. The summed E-state index contributed by atoms with van der Waals surface area (Å²) in [4.78, 5) is 30.2. The van der Waals surface area contributed by atoms with Gasteiger partial charge in [-0.25, -0.2) is 4.98 Å². The zero-order valence-corrected chi connectivity index (χ0v) is 16.7. The minimum atomic E-state index is -0.699. The van der Waals surface area contributed by atoms with Crippen LogP contribution in [0.3, 0.4) is 0 Å². The molecule has 0 spiro atoms. The van der Waals surface area contributed by atoms with Gasteiger partial charge >= 0.3 is 0 Å². The number of aromatic nitrogens is 2. The molecule has 0 aliphatic carbocycles. The number of halogens is 1. The summed E-state index contributed by atoms with van der Waals surface area (Å²) in [7, 11) is 0. The van der Waals surface area contributed by atoms with Crippen molar-refractivity contribution >= 4 is 40.2 Å². The number of rotatable bonds is 5. The summed E-state index contributed by atoms with van der Waals surface area (Å²) in [5.74, 6) is -0.513. The molecule has 3 aromatic carbocycles. The monoisotopic (exact) mass is 421 g/mol. The molecule has 144 valence electrons. The fourth-order valence-corrected chi connectivity index (χ4v) is 4.31. The van der Waals surface area contributed by atoms with Gasteiger partial charge in [0.2, 0.25) is 5.91 Å². The molecular formula is C22H16ClN3O2S. The van der Waals surface area contributed by atoms with Gasteiger partial charge < -0.3 is 5.73 Å². The Labute approximate surface area is 176 Å². The highest BCUT2D eigenvalue weighted by Gasteiger charge is 2.23. The minimum Gasteiger partial charge on any atom is -0.368 e. The molecule has 1 unspecified atom stereocenters. The topological polar surface area (TPSA) is 78.0 Å². The molecule has 1 atom stereocenters. The number of primary amides is 1. The highest BCUT2D eigenvalue weighted by Crippen LogP contribution is 2.35. The van der Waals surface area contributed by atoms with E-state index in [9.17, 15) is 9.59 Å². The highest BCUT2D eigenvalue weighted by atomic mass is 35.5. The number of fused-ring (bicyclic) bond motifs is 1. The Morgan fingerprint density at radius 1 is 1.00 bits per heavy atom. The van der Waals surface area contributed by atoms with Crippen molar-refractivity contribution in [2.45, 2.75) is 10.4 Å². The van der Waals surface area contributed by atoms with Crippen molar-refractivity contribution in [3.8, 4) is 5.69 Å². The van der Waals surface area contributed by atoms with Crippen molar-refractivity contribution in [3.63, 3.8) is 0 Å². The van der Waals surface area contributed by atoms with Crippen LogP contribution in [-0.2, 0) is 4.79 Å². The second-order valence-electron chi connectivity index (χ2n) is 6.34. The SMILES string of the molecule is NC(=O)C(Sc1nc2ccccc2c(=O)n1-c1cccc(Cl)c1)c1ccccc1. The number of nitrogens with zero attached hydrogens (tertiary/aromatic N) is 2. The van der Waals surface area contributed by atoms with Gasteiger partial charge in [-0.2, -0.15) is 0 Å². The molecule has 4 aromatic rings. The molecule has 4 rings (SSSR count). The first-order valence-electron chi connectivity index (χ1n) is 8.83. The second kappa shape index (κ2) is 8.11. The maximum atomic E-state index is 13.3. The fraction of sp³-hybridized carbons (Fsp3) is 0.0455. The van der Waals surface area contributed by atoms with E-state index < -0.39 is 11.2 Å². The molecule has 0 saturated heterocycles. The van der Waals surface area contributed by atoms with Gasteiger partial charge in [-0.1, -0.05) is 71.9 Å². The summed E-state index contributed by atoms with van der Waals surface area (Å²) in [5, 5.41) is 0.637. The molecule has 0 fully saturated rings. The molecule has 0 saturated carbocycles. The zero-order valence-electron chi connectivity index (χ0n) is 15.2. The Morgan fingerprint density at radius 2 is 1.72 bits per heavy atom. The van der Waals surface area contributed by atoms with E-state index in [0.29, 0.717) is 26.8 Å². The smallest absolute Gasteiger partial charge is 0.266 e. The molecule has 0 aliphatic rings. The lowest BCUT2D eigenvalue weighted by atomic mass is 10.1. The quantitative estimate of drug-likeness (QED) is 0.383. The van der Waals surface area contributed by atoms with E-state index in [1.165, 1.54) is 4.57 Å². The van der Waals surface area contributed by atoms with Crippen LogP contribution in [0.2, 0.25) is 5.02 Å². The van der Waals surface area contributed by atoms with Crippen LogP contribution < -0.4 is 11.3 Å². The maximum Gasteiger partial charge on any atom is 0.266 e. The average molecular weight is 422 g/mol.